The van der Waals surface area contributed by atoms with Gasteiger partial charge in [-0.25, -0.2) is 14.6 Å². The van der Waals surface area contributed by atoms with E-state index in [1.54, 1.807) is 13.0 Å². The van der Waals surface area contributed by atoms with E-state index >= 15 is 0 Å². The average Bonchev–Trinajstić information content (AvgIpc) is 2.56. The first-order valence-corrected chi connectivity index (χ1v) is 7.76. The lowest BCUT2D eigenvalue weighted by atomic mass is 10.2. The fraction of sp³-hybridized carbons (Fsp3) is 0.412. The van der Waals surface area contributed by atoms with Crippen LogP contribution >= 0.6 is 0 Å². The second kappa shape index (κ2) is 11.3. The molecule has 0 aromatic heterocycles. The summed E-state index contributed by atoms with van der Waals surface area (Å²) in [6, 6.07) is 9.31. The van der Waals surface area contributed by atoms with Crippen LogP contribution in [0.5, 0.6) is 0 Å². The van der Waals surface area contributed by atoms with Crippen LogP contribution < -0.4 is 5.43 Å². The van der Waals surface area contributed by atoms with Gasteiger partial charge in [0.15, 0.2) is 0 Å². The van der Waals surface area contributed by atoms with Gasteiger partial charge >= 0.3 is 12.1 Å². The van der Waals surface area contributed by atoms with Crippen LogP contribution in [0.15, 0.2) is 36.4 Å². The minimum atomic E-state index is -0.922. The molecule has 1 aromatic rings. The van der Waals surface area contributed by atoms with E-state index in [9.17, 15) is 9.59 Å². The molecular weight excluding hydrogens is 296 g/mol. The maximum atomic E-state index is 10.9. The van der Waals surface area contributed by atoms with Crippen LogP contribution in [-0.2, 0) is 9.53 Å². The molecule has 0 radical (unpaired) electrons. The molecule has 126 valence electrons. The number of hydrazine groups is 1. The first-order valence-electron chi connectivity index (χ1n) is 7.76. The molecular formula is C17H24N2O4. The highest BCUT2D eigenvalue weighted by molar-refractivity contribution is 5.85. The fourth-order valence-corrected chi connectivity index (χ4v) is 2.03. The number of rotatable bonds is 4. The Morgan fingerprint density at radius 1 is 1.22 bits per heavy atom. The fourth-order valence-electron chi connectivity index (χ4n) is 2.03. The Morgan fingerprint density at radius 2 is 1.87 bits per heavy atom. The van der Waals surface area contributed by atoms with E-state index in [0.29, 0.717) is 6.61 Å². The predicted octanol–water partition coefficient (Wildman–Crippen LogP) is 2.92. The Bertz CT molecular complexity index is 497. The van der Waals surface area contributed by atoms with Crippen molar-refractivity contribution in [3.63, 3.8) is 0 Å². The average molecular weight is 320 g/mol. The summed E-state index contributed by atoms with van der Waals surface area (Å²) >= 11 is 0. The summed E-state index contributed by atoms with van der Waals surface area (Å²) in [6.45, 7) is 4.12. The van der Waals surface area contributed by atoms with Crippen LogP contribution in [0.4, 0.5) is 4.79 Å². The molecule has 0 unspecified atom stereocenters. The quantitative estimate of drug-likeness (QED) is 0.834. The number of nitrogens with zero attached hydrogens (tertiary/aromatic N) is 1. The van der Waals surface area contributed by atoms with Crippen LogP contribution in [-0.4, -0.2) is 41.9 Å². The molecule has 6 heteroatoms. The number of hydrogen-bond donors (Lipinski definition) is 2. The van der Waals surface area contributed by atoms with Gasteiger partial charge in [0.2, 0.25) is 0 Å². The molecule has 0 bridgehead atoms. The van der Waals surface area contributed by atoms with Crippen molar-refractivity contribution >= 4 is 18.1 Å². The molecule has 23 heavy (non-hydrogen) atoms. The minimum Gasteiger partial charge on any atom is -0.478 e. The van der Waals surface area contributed by atoms with Crippen molar-refractivity contribution in [3.05, 3.63) is 42.0 Å². The highest BCUT2D eigenvalue weighted by atomic mass is 16.6. The molecule has 1 amide bonds. The smallest absolute Gasteiger partial charge is 0.421 e. The van der Waals surface area contributed by atoms with E-state index in [4.69, 9.17) is 9.84 Å². The van der Waals surface area contributed by atoms with Crippen molar-refractivity contribution in [2.75, 3.05) is 19.7 Å². The van der Waals surface area contributed by atoms with Crippen LogP contribution in [0.25, 0.3) is 6.08 Å². The Morgan fingerprint density at radius 3 is 2.43 bits per heavy atom. The maximum absolute atomic E-state index is 10.9. The number of benzene rings is 1. The van der Waals surface area contributed by atoms with Crippen molar-refractivity contribution in [2.24, 2.45) is 0 Å². The van der Waals surface area contributed by atoms with Crippen molar-refractivity contribution in [3.8, 4) is 0 Å². The third-order valence-corrected chi connectivity index (χ3v) is 3.10. The SMILES string of the molecule is CCOC(=O)NN1CCCCC1.O=C(O)C=Cc1ccccc1. The van der Waals surface area contributed by atoms with E-state index in [1.165, 1.54) is 6.42 Å². The van der Waals surface area contributed by atoms with Gasteiger partial charge in [-0.15, -0.1) is 0 Å². The number of amides is 1. The lowest BCUT2D eigenvalue weighted by Crippen LogP contribution is -2.45. The summed E-state index contributed by atoms with van der Waals surface area (Å²) in [5, 5.41) is 10.2. The zero-order valence-corrected chi connectivity index (χ0v) is 13.4. The minimum absolute atomic E-state index is 0.334. The van der Waals surface area contributed by atoms with Gasteiger partial charge in [0, 0.05) is 19.2 Å². The second-order valence-electron chi connectivity index (χ2n) is 4.96. The molecule has 0 aliphatic carbocycles. The van der Waals surface area contributed by atoms with Crippen molar-refractivity contribution < 1.29 is 19.4 Å². The Kier molecular flexibility index (Phi) is 9.16. The number of carboxylic acids is 1. The third-order valence-electron chi connectivity index (χ3n) is 3.10. The third kappa shape index (κ3) is 9.31. The lowest BCUT2D eigenvalue weighted by Gasteiger charge is -2.26. The van der Waals surface area contributed by atoms with Crippen molar-refractivity contribution in [2.45, 2.75) is 26.2 Å². The molecule has 6 nitrogen and oxygen atoms in total. The van der Waals surface area contributed by atoms with E-state index in [-0.39, 0.29) is 6.09 Å². The topological polar surface area (TPSA) is 78.9 Å². The summed E-state index contributed by atoms with van der Waals surface area (Å²) in [5.41, 5.74) is 3.59. The monoisotopic (exact) mass is 320 g/mol. The van der Waals surface area contributed by atoms with E-state index in [1.807, 2.05) is 35.3 Å². The Hall–Kier alpha value is -2.34. The predicted molar refractivity (Wildman–Crippen MR) is 88.7 cm³/mol. The van der Waals surface area contributed by atoms with E-state index in [0.717, 1.165) is 37.6 Å². The summed E-state index contributed by atoms with van der Waals surface area (Å²) in [6.07, 6.45) is 5.93. The molecule has 1 saturated heterocycles. The van der Waals surface area contributed by atoms with Gasteiger partial charge in [-0.2, -0.15) is 0 Å². The number of carboxylic acid groups (broad SMARTS) is 1. The van der Waals surface area contributed by atoms with Gasteiger partial charge in [0.25, 0.3) is 0 Å². The lowest BCUT2D eigenvalue weighted by molar-refractivity contribution is -0.131. The zero-order valence-electron chi connectivity index (χ0n) is 13.4. The zero-order chi connectivity index (χ0) is 16.9. The van der Waals surface area contributed by atoms with Crippen LogP contribution in [0.3, 0.4) is 0 Å². The normalized spacial score (nSPS) is 14.7. The molecule has 1 aliphatic rings. The number of ether oxygens (including phenoxy) is 1. The Balaban J connectivity index is 0.000000231. The molecule has 1 aliphatic heterocycles. The first kappa shape index (κ1) is 18.7. The molecule has 0 spiro atoms. The van der Waals surface area contributed by atoms with Gasteiger partial charge in [0.05, 0.1) is 6.61 Å². The number of aliphatic carboxylic acids is 1. The highest BCUT2D eigenvalue weighted by Crippen LogP contribution is 2.05. The highest BCUT2D eigenvalue weighted by Gasteiger charge is 2.12. The van der Waals surface area contributed by atoms with Crippen molar-refractivity contribution in [1.29, 1.82) is 0 Å². The Labute approximate surface area is 136 Å². The van der Waals surface area contributed by atoms with Crippen LogP contribution in [0, 0.1) is 0 Å². The van der Waals surface area contributed by atoms with Gasteiger partial charge in [0.1, 0.15) is 0 Å². The summed E-state index contributed by atoms with van der Waals surface area (Å²) in [5.74, 6) is -0.922. The molecule has 2 N–H and O–H groups in total. The maximum Gasteiger partial charge on any atom is 0.421 e. The number of carbonyl (C=O) groups excluding carboxylic acids is 1. The number of piperidine rings is 1. The largest absolute Gasteiger partial charge is 0.478 e. The molecule has 1 aromatic carbocycles. The van der Waals surface area contributed by atoms with Gasteiger partial charge in [-0.1, -0.05) is 36.8 Å². The van der Waals surface area contributed by atoms with E-state index in [2.05, 4.69) is 5.43 Å². The van der Waals surface area contributed by atoms with Crippen LogP contribution in [0.1, 0.15) is 31.7 Å². The number of hydrogen-bond acceptors (Lipinski definition) is 4. The number of nitrogens with one attached hydrogen (secondary N) is 1. The summed E-state index contributed by atoms with van der Waals surface area (Å²) < 4.78 is 4.75. The van der Waals surface area contributed by atoms with E-state index < -0.39 is 5.97 Å². The van der Waals surface area contributed by atoms with Gasteiger partial charge in [-0.05, 0) is 31.4 Å². The van der Waals surface area contributed by atoms with Crippen molar-refractivity contribution in [1.82, 2.24) is 10.4 Å². The molecule has 0 saturated carbocycles. The van der Waals surface area contributed by atoms with Crippen LogP contribution in [0.2, 0.25) is 0 Å². The van der Waals surface area contributed by atoms with Gasteiger partial charge < -0.3 is 9.84 Å². The second-order valence-corrected chi connectivity index (χ2v) is 4.96. The summed E-state index contributed by atoms with van der Waals surface area (Å²) in [4.78, 5) is 21.0. The molecule has 1 fully saturated rings. The van der Waals surface area contributed by atoms with Gasteiger partial charge in [-0.3, -0.25) is 5.43 Å². The molecule has 2 rings (SSSR count). The standard InChI is InChI=1S/C9H8O2.C8H16N2O2/c10-9(11)7-6-8-4-2-1-3-5-8;1-2-12-8(11)9-10-6-4-3-5-7-10/h1-7H,(H,10,11);2-7H2,1H3,(H,9,11). The first-order chi connectivity index (χ1) is 11.1. The molecule has 0 atom stereocenters. The summed E-state index contributed by atoms with van der Waals surface area (Å²) in [7, 11) is 0. The molecule has 1 heterocycles. The number of carbonyl (C=O) groups is 2.